The molecule has 2 N–H and O–H groups in total. The lowest BCUT2D eigenvalue weighted by molar-refractivity contribution is -0.144. The van der Waals surface area contributed by atoms with Crippen LogP contribution in [0, 0.1) is 11.8 Å². The summed E-state index contributed by atoms with van der Waals surface area (Å²) >= 11 is 1.89. The van der Waals surface area contributed by atoms with Crippen LogP contribution in [0.3, 0.4) is 0 Å². The van der Waals surface area contributed by atoms with Crippen LogP contribution in [-0.4, -0.2) is 34.5 Å². The van der Waals surface area contributed by atoms with Crippen LogP contribution in [0.15, 0.2) is 0 Å². The highest BCUT2D eigenvalue weighted by Gasteiger charge is 2.32. The zero-order valence-electron chi connectivity index (χ0n) is 12.1. The molecule has 2 saturated carbocycles. The molecule has 114 valence electrons. The van der Waals surface area contributed by atoms with Gasteiger partial charge in [0.1, 0.15) is 0 Å². The highest BCUT2D eigenvalue weighted by Crippen LogP contribution is 2.31. The van der Waals surface area contributed by atoms with E-state index in [1.807, 2.05) is 11.8 Å². The summed E-state index contributed by atoms with van der Waals surface area (Å²) in [6.07, 6.45) is 9.61. The van der Waals surface area contributed by atoms with Crippen molar-refractivity contribution in [2.45, 2.75) is 62.7 Å². The molecule has 0 heterocycles. The van der Waals surface area contributed by atoms with Gasteiger partial charge in [0.15, 0.2) is 0 Å². The van der Waals surface area contributed by atoms with Gasteiger partial charge in [0.05, 0.1) is 5.92 Å². The van der Waals surface area contributed by atoms with Gasteiger partial charge < -0.3 is 10.4 Å². The van der Waals surface area contributed by atoms with Crippen LogP contribution in [0.2, 0.25) is 0 Å². The van der Waals surface area contributed by atoms with Crippen molar-refractivity contribution in [1.82, 2.24) is 5.32 Å². The molecule has 0 aromatic carbocycles. The summed E-state index contributed by atoms with van der Waals surface area (Å²) in [5.41, 5.74) is 0. The van der Waals surface area contributed by atoms with Gasteiger partial charge in [0.2, 0.25) is 5.91 Å². The molecule has 0 aromatic rings. The first-order valence-electron chi connectivity index (χ1n) is 7.66. The van der Waals surface area contributed by atoms with E-state index in [2.05, 4.69) is 11.6 Å². The van der Waals surface area contributed by atoms with Crippen molar-refractivity contribution >= 4 is 23.6 Å². The second-order valence-electron chi connectivity index (χ2n) is 6.13. The third kappa shape index (κ3) is 4.14. The number of hydrogen-bond acceptors (Lipinski definition) is 3. The lowest BCUT2D eigenvalue weighted by Gasteiger charge is -2.31. The van der Waals surface area contributed by atoms with E-state index in [9.17, 15) is 9.59 Å². The predicted octanol–water partition coefficient (Wildman–Crippen LogP) is 2.67. The van der Waals surface area contributed by atoms with Gasteiger partial charge in [0, 0.05) is 17.2 Å². The largest absolute Gasteiger partial charge is 0.481 e. The number of carbonyl (C=O) groups excluding carboxylic acids is 1. The highest BCUT2D eigenvalue weighted by molar-refractivity contribution is 7.99. The van der Waals surface area contributed by atoms with Crippen molar-refractivity contribution in [2.75, 3.05) is 6.26 Å². The molecule has 5 heteroatoms. The molecule has 1 amide bonds. The number of thioether (sulfide) groups is 1. The van der Waals surface area contributed by atoms with Gasteiger partial charge in [-0.3, -0.25) is 9.59 Å². The van der Waals surface area contributed by atoms with Gasteiger partial charge in [-0.2, -0.15) is 11.8 Å². The molecule has 2 aliphatic rings. The smallest absolute Gasteiger partial charge is 0.306 e. The average molecular weight is 299 g/mol. The van der Waals surface area contributed by atoms with Crippen LogP contribution in [-0.2, 0) is 9.59 Å². The average Bonchev–Trinajstić information content (AvgIpc) is 2.47. The van der Waals surface area contributed by atoms with Crippen LogP contribution in [0.1, 0.15) is 51.4 Å². The molecule has 0 saturated heterocycles. The van der Waals surface area contributed by atoms with Gasteiger partial charge in [-0.05, 0) is 44.8 Å². The van der Waals surface area contributed by atoms with Crippen molar-refractivity contribution in [3.8, 4) is 0 Å². The number of rotatable bonds is 4. The fraction of sp³-hybridized carbons (Fsp3) is 0.867. The Morgan fingerprint density at radius 1 is 1.05 bits per heavy atom. The maximum atomic E-state index is 12.3. The monoisotopic (exact) mass is 299 g/mol. The van der Waals surface area contributed by atoms with Gasteiger partial charge in [-0.15, -0.1) is 0 Å². The Morgan fingerprint density at radius 3 is 2.45 bits per heavy atom. The molecule has 2 rings (SSSR count). The summed E-state index contributed by atoms with van der Waals surface area (Å²) in [5, 5.41) is 12.9. The third-order valence-electron chi connectivity index (χ3n) is 4.70. The van der Waals surface area contributed by atoms with Crippen LogP contribution >= 0.6 is 11.8 Å². The standard InChI is InChI=1S/C15H25NO3S/c1-20-13-7-3-6-12(9-13)16-14(17)10-4-2-5-11(8-10)15(18)19/h10-13H,2-9H2,1H3,(H,16,17)(H,18,19). The number of amides is 1. The molecule has 4 nitrogen and oxygen atoms in total. The topological polar surface area (TPSA) is 66.4 Å². The second kappa shape index (κ2) is 7.34. The Labute approximate surface area is 125 Å². The predicted molar refractivity (Wildman–Crippen MR) is 80.8 cm³/mol. The molecule has 20 heavy (non-hydrogen) atoms. The first kappa shape index (κ1) is 15.7. The summed E-state index contributed by atoms with van der Waals surface area (Å²) in [6, 6.07) is 0.291. The number of carbonyl (C=O) groups is 2. The number of carboxylic acid groups (broad SMARTS) is 1. The molecule has 0 aliphatic heterocycles. The van der Waals surface area contributed by atoms with E-state index < -0.39 is 5.97 Å². The van der Waals surface area contributed by atoms with E-state index in [0.717, 1.165) is 32.1 Å². The maximum absolute atomic E-state index is 12.3. The number of nitrogens with one attached hydrogen (secondary N) is 1. The number of hydrogen-bond donors (Lipinski definition) is 2. The van der Waals surface area contributed by atoms with Gasteiger partial charge in [0.25, 0.3) is 0 Å². The first-order chi connectivity index (χ1) is 9.60. The van der Waals surface area contributed by atoms with Crippen LogP contribution < -0.4 is 5.32 Å². The molecular formula is C15H25NO3S. The summed E-state index contributed by atoms with van der Waals surface area (Å²) in [7, 11) is 0. The molecule has 4 unspecified atom stereocenters. The van der Waals surface area contributed by atoms with E-state index in [4.69, 9.17) is 5.11 Å². The Hall–Kier alpha value is -0.710. The molecule has 0 aromatic heterocycles. The van der Waals surface area contributed by atoms with E-state index in [0.29, 0.717) is 17.7 Å². The summed E-state index contributed by atoms with van der Waals surface area (Å²) in [6.45, 7) is 0. The SMILES string of the molecule is CSC1CCCC(NC(=O)C2CCCC(C(=O)O)C2)C1. The Bertz CT molecular complexity index is 361. The molecule has 0 bridgehead atoms. The fourth-order valence-electron chi connectivity index (χ4n) is 3.46. The van der Waals surface area contributed by atoms with E-state index in [1.165, 1.54) is 12.8 Å². The highest BCUT2D eigenvalue weighted by atomic mass is 32.2. The Balaban J connectivity index is 1.83. The first-order valence-corrected chi connectivity index (χ1v) is 8.95. The van der Waals surface area contributed by atoms with Gasteiger partial charge in [-0.25, -0.2) is 0 Å². The molecule has 0 radical (unpaired) electrons. The van der Waals surface area contributed by atoms with E-state index in [1.54, 1.807) is 0 Å². The second-order valence-corrected chi connectivity index (χ2v) is 7.27. The van der Waals surface area contributed by atoms with Crippen LogP contribution in [0.4, 0.5) is 0 Å². The fourth-order valence-corrected chi connectivity index (χ4v) is 4.29. The summed E-state index contributed by atoms with van der Waals surface area (Å²) < 4.78 is 0. The summed E-state index contributed by atoms with van der Waals surface area (Å²) in [5.74, 6) is -1.09. The van der Waals surface area contributed by atoms with Crippen molar-refractivity contribution < 1.29 is 14.7 Å². The zero-order valence-corrected chi connectivity index (χ0v) is 13.0. The number of carboxylic acids is 1. The van der Waals surface area contributed by atoms with Crippen molar-refractivity contribution in [2.24, 2.45) is 11.8 Å². The van der Waals surface area contributed by atoms with Crippen molar-refractivity contribution in [1.29, 1.82) is 0 Å². The normalized spacial score (nSPS) is 34.5. The van der Waals surface area contributed by atoms with Crippen LogP contribution in [0.5, 0.6) is 0 Å². The Morgan fingerprint density at radius 2 is 1.75 bits per heavy atom. The minimum Gasteiger partial charge on any atom is -0.481 e. The zero-order chi connectivity index (χ0) is 14.5. The molecule has 0 spiro atoms. The lowest BCUT2D eigenvalue weighted by Crippen LogP contribution is -2.43. The minimum atomic E-state index is -0.748. The summed E-state index contributed by atoms with van der Waals surface area (Å²) in [4.78, 5) is 23.4. The van der Waals surface area contributed by atoms with Crippen molar-refractivity contribution in [3.63, 3.8) is 0 Å². The maximum Gasteiger partial charge on any atom is 0.306 e. The minimum absolute atomic E-state index is 0.0858. The van der Waals surface area contributed by atoms with Crippen LogP contribution in [0.25, 0.3) is 0 Å². The molecule has 2 aliphatic carbocycles. The van der Waals surface area contributed by atoms with E-state index in [-0.39, 0.29) is 17.7 Å². The third-order valence-corrected chi connectivity index (χ3v) is 5.79. The molecular weight excluding hydrogens is 274 g/mol. The quantitative estimate of drug-likeness (QED) is 0.837. The molecule has 2 fully saturated rings. The van der Waals surface area contributed by atoms with Gasteiger partial charge in [-0.1, -0.05) is 12.8 Å². The number of aliphatic carboxylic acids is 1. The molecule has 4 atom stereocenters. The lowest BCUT2D eigenvalue weighted by atomic mass is 9.80. The van der Waals surface area contributed by atoms with Crippen molar-refractivity contribution in [3.05, 3.63) is 0 Å². The van der Waals surface area contributed by atoms with E-state index >= 15 is 0 Å². The van der Waals surface area contributed by atoms with Gasteiger partial charge >= 0.3 is 5.97 Å². The Kier molecular flexibility index (Phi) is 5.75.